The molecule has 0 amide bonds. The number of halogens is 1. The van der Waals surface area contributed by atoms with Crippen molar-refractivity contribution in [2.45, 2.75) is 25.4 Å². The zero-order valence-electron chi connectivity index (χ0n) is 13.3. The van der Waals surface area contributed by atoms with Crippen LogP contribution in [0.3, 0.4) is 0 Å². The van der Waals surface area contributed by atoms with Crippen molar-refractivity contribution < 1.29 is 0 Å². The van der Waals surface area contributed by atoms with Gasteiger partial charge in [-0.1, -0.05) is 59.6 Å². The van der Waals surface area contributed by atoms with Crippen LogP contribution in [0.2, 0.25) is 5.02 Å². The molecule has 1 aliphatic rings. The number of fused-ring (bicyclic) bond motifs is 1. The van der Waals surface area contributed by atoms with E-state index >= 15 is 0 Å². The van der Waals surface area contributed by atoms with E-state index in [-0.39, 0.29) is 18.0 Å². The van der Waals surface area contributed by atoms with Crippen molar-refractivity contribution in [1.29, 1.82) is 0 Å². The maximum atomic E-state index is 6.40. The Bertz CT molecular complexity index is 871. The van der Waals surface area contributed by atoms with E-state index in [4.69, 9.17) is 17.3 Å². The first-order chi connectivity index (χ1) is 11.6. The molecule has 6 heteroatoms. The van der Waals surface area contributed by atoms with Crippen molar-refractivity contribution in [3.8, 4) is 0 Å². The van der Waals surface area contributed by atoms with Crippen LogP contribution in [0.1, 0.15) is 35.2 Å². The maximum Gasteiger partial charge on any atom is 0.241 e. The molecule has 24 heavy (non-hydrogen) atoms. The maximum absolute atomic E-state index is 6.40. The fourth-order valence-corrected chi connectivity index (χ4v) is 3.49. The molecule has 3 aromatic rings. The highest BCUT2D eigenvalue weighted by Gasteiger charge is 2.31. The summed E-state index contributed by atoms with van der Waals surface area (Å²) in [5.41, 5.74) is 9.30. The summed E-state index contributed by atoms with van der Waals surface area (Å²) in [7, 11) is 0. The zero-order chi connectivity index (χ0) is 16.7. The Balaban J connectivity index is 1.78. The number of nitrogens with one attached hydrogen (secondary N) is 1. The Morgan fingerprint density at radius 3 is 2.67 bits per heavy atom. The minimum absolute atomic E-state index is 0.0566. The standard InChI is InChI=1S/C18H18ClN5/c1-11-6-8-12(9-7-11)16-10-15(13-4-2-3-5-14(13)19)21-18-22-17(20)23-24(16)18/h2-9,15-16H,10H2,1H3,(H3,20,21,22,23)/t15-,16-/m1/s1. The number of aromatic nitrogens is 3. The molecule has 122 valence electrons. The third-order valence-corrected chi connectivity index (χ3v) is 4.79. The molecule has 2 atom stereocenters. The van der Waals surface area contributed by atoms with Crippen molar-refractivity contribution in [2.24, 2.45) is 0 Å². The second-order valence-electron chi connectivity index (χ2n) is 6.12. The molecule has 0 bridgehead atoms. The van der Waals surface area contributed by atoms with E-state index in [9.17, 15) is 0 Å². The van der Waals surface area contributed by atoms with Crippen molar-refractivity contribution in [3.63, 3.8) is 0 Å². The van der Waals surface area contributed by atoms with Crippen molar-refractivity contribution in [1.82, 2.24) is 14.8 Å². The lowest BCUT2D eigenvalue weighted by Gasteiger charge is -2.32. The van der Waals surface area contributed by atoms with Gasteiger partial charge in [0.1, 0.15) is 0 Å². The van der Waals surface area contributed by atoms with Crippen LogP contribution in [0.15, 0.2) is 48.5 Å². The minimum Gasteiger partial charge on any atom is -0.366 e. The summed E-state index contributed by atoms with van der Waals surface area (Å²) in [5.74, 6) is 0.948. The van der Waals surface area contributed by atoms with Crippen LogP contribution in [-0.2, 0) is 0 Å². The average Bonchev–Trinajstić information content (AvgIpc) is 2.95. The molecule has 3 N–H and O–H groups in total. The Morgan fingerprint density at radius 1 is 1.17 bits per heavy atom. The van der Waals surface area contributed by atoms with Gasteiger partial charge in [-0.25, -0.2) is 4.68 Å². The van der Waals surface area contributed by atoms with E-state index in [0.717, 1.165) is 17.0 Å². The topological polar surface area (TPSA) is 68.8 Å². The van der Waals surface area contributed by atoms with Gasteiger partial charge in [0.2, 0.25) is 11.9 Å². The first kappa shape index (κ1) is 15.0. The second kappa shape index (κ2) is 5.83. The van der Waals surface area contributed by atoms with Crippen LogP contribution in [0.5, 0.6) is 0 Å². The molecule has 0 spiro atoms. The highest BCUT2D eigenvalue weighted by Crippen LogP contribution is 2.39. The Morgan fingerprint density at radius 2 is 1.92 bits per heavy atom. The van der Waals surface area contributed by atoms with Crippen molar-refractivity contribution in [3.05, 3.63) is 70.2 Å². The van der Waals surface area contributed by atoms with E-state index in [2.05, 4.69) is 46.6 Å². The molecule has 4 rings (SSSR count). The largest absolute Gasteiger partial charge is 0.366 e. The normalized spacial score (nSPS) is 19.6. The quantitative estimate of drug-likeness (QED) is 0.741. The van der Waals surface area contributed by atoms with Gasteiger partial charge in [-0.3, -0.25) is 0 Å². The second-order valence-corrected chi connectivity index (χ2v) is 6.53. The van der Waals surface area contributed by atoms with Gasteiger partial charge in [-0.15, -0.1) is 5.10 Å². The fraction of sp³-hybridized carbons (Fsp3) is 0.222. The minimum atomic E-state index is 0.0566. The monoisotopic (exact) mass is 339 g/mol. The Labute approximate surface area is 145 Å². The van der Waals surface area contributed by atoms with Gasteiger partial charge >= 0.3 is 0 Å². The molecule has 1 aliphatic heterocycles. The molecule has 0 fully saturated rings. The summed E-state index contributed by atoms with van der Waals surface area (Å²) < 4.78 is 1.87. The van der Waals surface area contributed by atoms with Gasteiger partial charge in [0.05, 0.1) is 12.1 Å². The molecular weight excluding hydrogens is 322 g/mol. The number of rotatable bonds is 2. The van der Waals surface area contributed by atoms with Gasteiger partial charge in [-0.2, -0.15) is 4.98 Å². The number of aryl methyl sites for hydroxylation is 1. The number of hydrogen-bond donors (Lipinski definition) is 2. The molecule has 1 aromatic heterocycles. The number of hydrogen-bond acceptors (Lipinski definition) is 4. The molecule has 0 saturated carbocycles. The van der Waals surface area contributed by atoms with Crippen molar-refractivity contribution >= 4 is 23.5 Å². The van der Waals surface area contributed by atoms with Gasteiger partial charge < -0.3 is 11.1 Å². The third-order valence-electron chi connectivity index (χ3n) is 4.45. The molecule has 0 radical (unpaired) electrons. The number of nitrogens with two attached hydrogens (primary N) is 1. The van der Waals surface area contributed by atoms with Gasteiger partial charge in [0.25, 0.3) is 0 Å². The van der Waals surface area contributed by atoms with Gasteiger partial charge in [0.15, 0.2) is 0 Å². The highest BCUT2D eigenvalue weighted by molar-refractivity contribution is 6.31. The Kier molecular flexibility index (Phi) is 3.65. The summed E-state index contributed by atoms with van der Waals surface area (Å²) in [6.45, 7) is 2.08. The molecule has 0 unspecified atom stereocenters. The molecule has 0 saturated heterocycles. The predicted molar refractivity (Wildman–Crippen MR) is 96.2 cm³/mol. The van der Waals surface area contributed by atoms with Crippen molar-refractivity contribution in [2.75, 3.05) is 11.1 Å². The lowest BCUT2D eigenvalue weighted by Crippen LogP contribution is -2.28. The molecular formula is C18H18ClN5. The molecule has 0 aliphatic carbocycles. The van der Waals surface area contributed by atoms with Crippen LogP contribution in [0, 0.1) is 6.92 Å². The van der Waals surface area contributed by atoms with Crippen LogP contribution in [0.25, 0.3) is 0 Å². The SMILES string of the molecule is Cc1ccc([C@H]2C[C@H](c3ccccc3Cl)Nc3nc(N)nn32)cc1. The van der Waals surface area contributed by atoms with E-state index < -0.39 is 0 Å². The summed E-state index contributed by atoms with van der Waals surface area (Å²) in [6, 6.07) is 16.5. The smallest absolute Gasteiger partial charge is 0.241 e. The fourth-order valence-electron chi connectivity index (χ4n) is 3.22. The summed E-state index contributed by atoms with van der Waals surface area (Å²) in [5, 5.41) is 8.53. The summed E-state index contributed by atoms with van der Waals surface area (Å²) >= 11 is 6.40. The van der Waals surface area contributed by atoms with Crippen LogP contribution >= 0.6 is 11.6 Å². The summed E-state index contributed by atoms with van der Waals surface area (Å²) in [4.78, 5) is 4.33. The van der Waals surface area contributed by atoms with Gasteiger partial charge in [-0.05, 0) is 30.5 Å². The lowest BCUT2D eigenvalue weighted by molar-refractivity contribution is 0.431. The number of nitrogens with zero attached hydrogens (tertiary/aromatic N) is 3. The highest BCUT2D eigenvalue weighted by atomic mass is 35.5. The Hall–Kier alpha value is -2.53. The number of anilines is 2. The van der Waals surface area contributed by atoms with E-state index in [0.29, 0.717) is 5.95 Å². The van der Waals surface area contributed by atoms with E-state index in [1.165, 1.54) is 11.1 Å². The third kappa shape index (κ3) is 2.61. The summed E-state index contributed by atoms with van der Waals surface area (Å²) in [6.07, 6.45) is 0.822. The first-order valence-electron chi connectivity index (χ1n) is 7.91. The molecule has 2 heterocycles. The first-order valence-corrected chi connectivity index (χ1v) is 8.29. The van der Waals surface area contributed by atoms with Crippen LogP contribution in [0.4, 0.5) is 11.9 Å². The average molecular weight is 340 g/mol. The number of nitrogen functional groups attached to an aromatic ring is 1. The van der Waals surface area contributed by atoms with Crippen LogP contribution in [-0.4, -0.2) is 14.8 Å². The van der Waals surface area contributed by atoms with Crippen LogP contribution < -0.4 is 11.1 Å². The van der Waals surface area contributed by atoms with E-state index in [1.807, 2.05) is 28.9 Å². The zero-order valence-corrected chi connectivity index (χ0v) is 14.0. The molecule has 5 nitrogen and oxygen atoms in total. The number of benzene rings is 2. The molecule has 2 aromatic carbocycles. The van der Waals surface area contributed by atoms with E-state index in [1.54, 1.807) is 0 Å². The lowest BCUT2D eigenvalue weighted by atomic mass is 9.93. The predicted octanol–water partition coefficient (Wildman–Crippen LogP) is 3.97. The van der Waals surface area contributed by atoms with Gasteiger partial charge in [0, 0.05) is 5.02 Å².